The zero-order valence-electron chi connectivity index (χ0n) is 13.9. The van der Waals surface area contributed by atoms with Gasteiger partial charge in [-0.3, -0.25) is 0 Å². The molecule has 1 aromatic heterocycles. The maximum atomic E-state index is 12.2. The van der Waals surface area contributed by atoms with Gasteiger partial charge in [-0.1, -0.05) is 5.16 Å². The fraction of sp³-hybridized carbons (Fsp3) is 0.667. The van der Waals surface area contributed by atoms with Gasteiger partial charge in [0.2, 0.25) is 5.88 Å². The number of esters is 1. The van der Waals surface area contributed by atoms with E-state index in [0.29, 0.717) is 18.8 Å². The summed E-state index contributed by atoms with van der Waals surface area (Å²) < 4.78 is 15.1. The fourth-order valence-corrected chi connectivity index (χ4v) is 2.59. The molecule has 0 radical (unpaired) electrons. The van der Waals surface area contributed by atoms with Crippen LogP contribution in [0.1, 0.15) is 55.6 Å². The third-order valence-electron chi connectivity index (χ3n) is 3.59. The summed E-state index contributed by atoms with van der Waals surface area (Å²) in [6.45, 7) is 6.46. The molecule has 1 atom stereocenters. The van der Waals surface area contributed by atoms with E-state index < -0.39 is 11.6 Å². The van der Waals surface area contributed by atoms with Crippen LogP contribution in [0.2, 0.25) is 0 Å². The Bertz CT molecular complexity index is 590. The van der Waals surface area contributed by atoms with Gasteiger partial charge in [-0.25, -0.2) is 9.59 Å². The van der Waals surface area contributed by atoms with E-state index in [0.717, 1.165) is 12.8 Å². The number of hydrogen-bond donors (Lipinski definition) is 1. The molecule has 128 valence electrons. The molecule has 8 heteroatoms. The number of rotatable bonds is 2. The number of aromatic nitrogens is 1. The second kappa shape index (κ2) is 6.47. The molecule has 1 fully saturated rings. The average molecular weight is 325 g/mol. The van der Waals surface area contributed by atoms with E-state index in [1.54, 1.807) is 4.90 Å². The van der Waals surface area contributed by atoms with Gasteiger partial charge in [0, 0.05) is 19.0 Å². The summed E-state index contributed by atoms with van der Waals surface area (Å²) in [5, 5.41) is 3.90. The van der Waals surface area contributed by atoms with Crippen molar-refractivity contribution < 1.29 is 23.6 Å². The molecule has 2 N–H and O–H groups in total. The number of amides is 1. The zero-order chi connectivity index (χ0) is 17.2. The van der Waals surface area contributed by atoms with Crippen LogP contribution in [-0.2, 0) is 9.47 Å². The molecule has 8 nitrogen and oxygen atoms in total. The monoisotopic (exact) mass is 325 g/mol. The second-order valence-corrected chi connectivity index (χ2v) is 6.56. The van der Waals surface area contributed by atoms with Crippen LogP contribution in [-0.4, -0.2) is 47.9 Å². The Hall–Kier alpha value is -2.25. The van der Waals surface area contributed by atoms with Gasteiger partial charge >= 0.3 is 12.1 Å². The number of nitrogens with zero attached hydrogens (tertiary/aromatic N) is 2. The van der Waals surface area contributed by atoms with Crippen LogP contribution in [0.4, 0.5) is 10.7 Å². The predicted molar refractivity (Wildman–Crippen MR) is 82.0 cm³/mol. The first-order chi connectivity index (χ1) is 10.7. The number of carbonyl (C=O) groups excluding carboxylic acids is 2. The molecule has 0 spiro atoms. The Morgan fingerprint density at radius 2 is 2.09 bits per heavy atom. The van der Waals surface area contributed by atoms with Crippen molar-refractivity contribution in [3.63, 3.8) is 0 Å². The maximum Gasteiger partial charge on any atom is 0.410 e. The number of anilines is 1. The number of nitrogens with two attached hydrogens (primary N) is 1. The van der Waals surface area contributed by atoms with Gasteiger partial charge in [-0.05, 0) is 33.6 Å². The summed E-state index contributed by atoms with van der Waals surface area (Å²) in [5.41, 5.74) is 5.69. The van der Waals surface area contributed by atoms with E-state index in [1.165, 1.54) is 7.11 Å². The molecule has 1 saturated heterocycles. The fourth-order valence-electron chi connectivity index (χ4n) is 2.59. The van der Waals surface area contributed by atoms with Crippen LogP contribution in [0.5, 0.6) is 0 Å². The lowest BCUT2D eigenvalue weighted by atomic mass is 9.92. The molecule has 1 aliphatic rings. The number of methoxy groups -OCH3 is 1. The van der Waals surface area contributed by atoms with Gasteiger partial charge in [-0.15, -0.1) is 0 Å². The number of ether oxygens (including phenoxy) is 2. The van der Waals surface area contributed by atoms with E-state index in [4.69, 9.17) is 19.7 Å². The van der Waals surface area contributed by atoms with Crippen LogP contribution >= 0.6 is 0 Å². The largest absolute Gasteiger partial charge is 0.465 e. The smallest absolute Gasteiger partial charge is 0.410 e. The molecule has 0 saturated carbocycles. The molecule has 1 unspecified atom stereocenters. The Morgan fingerprint density at radius 1 is 1.39 bits per heavy atom. The van der Waals surface area contributed by atoms with Gasteiger partial charge in [0.05, 0.1) is 7.11 Å². The number of nitrogen functional groups attached to an aromatic ring is 1. The summed E-state index contributed by atoms with van der Waals surface area (Å²) in [6.07, 6.45) is 1.17. The normalized spacial score (nSPS) is 18.6. The molecule has 1 aromatic rings. The summed E-state index contributed by atoms with van der Waals surface area (Å²) in [4.78, 5) is 25.7. The van der Waals surface area contributed by atoms with Crippen molar-refractivity contribution in [2.24, 2.45) is 0 Å². The summed E-state index contributed by atoms with van der Waals surface area (Å²) in [5.74, 6) is -0.805. The van der Waals surface area contributed by atoms with Crippen LogP contribution in [0.15, 0.2) is 4.52 Å². The van der Waals surface area contributed by atoms with Crippen molar-refractivity contribution in [3.8, 4) is 0 Å². The van der Waals surface area contributed by atoms with Crippen molar-refractivity contribution in [2.75, 3.05) is 25.9 Å². The minimum absolute atomic E-state index is 0.0683. The molecule has 2 rings (SSSR count). The van der Waals surface area contributed by atoms with E-state index in [1.807, 2.05) is 20.8 Å². The van der Waals surface area contributed by atoms with Crippen molar-refractivity contribution in [1.29, 1.82) is 0 Å². The van der Waals surface area contributed by atoms with Crippen LogP contribution < -0.4 is 5.73 Å². The van der Waals surface area contributed by atoms with E-state index >= 15 is 0 Å². The van der Waals surface area contributed by atoms with Crippen molar-refractivity contribution in [1.82, 2.24) is 10.1 Å². The molecule has 0 bridgehead atoms. The van der Waals surface area contributed by atoms with Crippen molar-refractivity contribution in [3.05, 3.63) is 11.3 Å². The summed E-state index contributed by atoms with van der Waals surface area (Å²) >= 11 is 0. The van der Waals surface area contributed by atoms with E-state index in [-0.39, 0.29) is 23.5 Å². The molecule has 1 amide bonds. The van der Waals surface area contributed by atoms with Crippen LogP contribution in [0.25, 0.3) is 0 Å². The highest BCUT2D eigenvalue weighted by molar-refractivity contribution is 5.95. The molecule has 0 aromatic carbocycles. The molecular formula is C15H23N3O5. The molecule has 2 heterocycles. The Morgan fingerprint density at radius 3 is 2.70 bits per heavy atom. The highest BCUT2D eigenvalue weighted by atomic mass is 16.6. The highest BCUT2D eigenvalue weighted by Crippen LogP contribution is 2.32. The Labute approximate surface area is 134 Å². The SMILES string of the molecule is COC(=O)c1c(C2CCCN(C(=O)OC(C)(C)C)C2)noc1N. The predicted octanol–water partition coefficient (Wildman–Crippen LogP) is 2.16. The third kappa shape index (κ3) is 3.94. The lowest BCUT2D eigenvalue weighted by molar-refractivity contribution is 0.0196. The second-order valence-electron chi connectivity index (χ2n) is 6.56. The number of carbonyl (C=O) groups is 2. The topological polar surface area (TPSA) is 108 Å². The van der Waals surface area contributed by atoms with Gasteiger partial charge in [0.25, 0.3) is 0 Å². The number of likely N-dealkylation sites (tertiary alicyclic amines) is 1. The third-order valence-corrected chi connectivity index (χ3v) is 3.59. The maximum absolute atomic E-state index is 12.2. The molecule has 0 aliphatic carbocycles. The molecule has 23 heavy (non-hydrogen) atoms. The summed E-state index contributed by atoms with van der Waals surface area (Å²) in [6, 6.07) is 0. The van der Waals surface area contributed by atoms with Gasteiger partial charge in [-0.2, -0.15) is 0 Å². The lowest BCUT2D eigenvalue weighted by Gasteiger charge is -2.33. The van der Waals surface area contributed by atoms with Crippen molar-refractivity contribution >= 4 is 17.9 Å². The van der Waals surface area contributed by atoms with Crippen LogP contribution in [0, 0.1) is 0 Å². The van der Waals surface area contributed by atoms with Gasteiger partial charge < -0.3 is 24.6 Å². The van der Waals surface area contributed by atoms with Gasteiger partial charge in [0.15, 0.2) is 0 Å². The zero-order valence-corrected chi connectivity index (χ0v) is 13.9. The van der Waals surface area contributed by atoms with Crippen molar-refractivity contribution in [2.45, 2.75) is 45.1 Å². The van der Waals surface area contributed by atoms with Gasteiger partial charge in [0.1, 0.15) is 16.9 Å². The Balaban J connectivity index is 2.16. The minimum atomic E-state index is -0.590. The Kier molecular flexibility index (Phi) is 4.82. The highest BCUT2D eigenvalue weighted by Gasteiger charge is 2.34. The number of hydrogen-bond acceptors (Lipinski definition) is 7. The number of piperidine rings is 1. The average Bonchev–Trinajstić information content (AvgIpc) is 2.86. The lowest BCUT2D eigenvalue weighted by Crippen LogP contribution is -2.42. The first-order valence-electron chi connectivity index (χ1n) is 7.54. The first-order valence-corrected chi connectivity index (χ1v) is 7.54. The quantitative estimate of drug-likeness (QED) is 0.830. The van der Waals surface area contributed by atoms with E-state index in [9.17, 15) is 9.59 Å². The minimum Gasteiger partial charge on any atom is -0.465 e. The first kappa shape index (κ1) is 17.1. The summed E-state index contributed by atoms with van der Waals surface area (Å²) in [7, 11) is 1.27. The van der Waals surface area contributed by atoms with E-state index in [2.05, 4.69) is 5.16 Å². The standard InChI is InChI=1S/C15H23N3O5/c1-15(2,3)22-14(20)18-7-5-6-9(8-18)11-10(13(19)21-4)12(16)23-17-11/h9H,5-8,16H2,1-4H3. The molecular weight excluding hydrogens is 302 g/mol. The van der Waals surface area contributed by atoms with Crippen LogP contribution in [0.3, 0.4) is 0 Å². The molecule has 1 aliphatic heterocycles.